The summed E-state index contributed by atoms with van der Waals surface area (Å²) in [6.07, 6.45) is 5.63. The van der Waals surface area contributed by atoms with Gasteiger partial charge in [0.25, 0.3) is 0 Å². The van der Waals surface area contributed by atoms with Gasteiger partial charge >= 0.3 is 6.03 Å². The molecule has 3 N–H and O–H groups in total. The molecular weight excluding hydrogens is 398 g/mol. The molecular formula is C21H21N7OS. The number of aromatic amines is 1. The van der Waals surface area contributed by atoms with Gasteiger partial charge in [0.2, 0.25) is 0 Å². The topological polar surface area (TPSA) is 98.8 Å². The molecule has 4 aromatic rings. The average molecular weight is 420 g/mol. The molecule has 0 bridgehead atoms. The fourth-order valence-electron chi connectivity index (χ4n) is 3.83. The number of fused-ring (bicyclic) bond motifs is 1. The monoisotopic (exact) mass is 419 g/mol. The molecule has 5 rings (SSSR count). The highest BCUT2D eigenvalue weighted by atomic mass is 32.1. The Kier molecular flexibility index (Phi) is 5.02. The van der Waals surface area contributed by atoms with E-state index in [0.717, 1.165) is 54.2 Å². The number of nitrogens with zero attached hydrogens (tertiary/aromatic N) is 4. The standard InChI is InChI=1S/C21H21N7OS/c29-20(25-15-6-2-1-3-7-15)27-21-26-17(12-30-21)14-5-4-10-28(11-14)19-16-8-9-22-18(16)23-13-24-19/h1-3,6-9,12-14H,4-5,10-11H2,(H,22,23,24)(H2,25,26,27,29). The molecule has 0 aliphatic carbocycles. The van der Waals surface area contributed by atoms with Crippen molar-refractivity contribution in [1.82, 2.24) is 19.9 Å². The Morgan fingerprint density at radius 1 is 1.17 bits per heavy atom. The van der Waals surface area contributed by atoms with Gasteiger partial charge in [0.15, 0.2) is 5.13 Å². The molecule has 2 amide bonds. The first-order valence-electron chi connectivity index (χ1n) is 9.88. The predicted octanol–water partition coefficient (Wildman–Crippen LogP) is 4.44. The van der Waals surface area contributed by atoms with Crippen molar-refractivity contribution in [3.63, 3.8) is 0 Å². The number of anilines is 3. The van der Waals surface area contributed by atoms with Crippen LogP contribution < -0.4 is 15.5 Å². The number of nitrogens with one attached hydrogen (secondary N) is 3. The normalized spacial score (nSPS) is 16.5. The molecule has 1 aromatic carbocycles. The molecule has 30 heavy (non-hydrogen) atoms. The van der Waals surface area contributed by atoms with Gasteiger partial charge in [-0.3, -0.25) is 5.32 Å². The fraction of sp³-hybridized carbons (Fsp3) is 0.238. The van der Waals surface area contributed by atoms with E-state index in [1.807, 2.05) is 48.0 Å². The number of piperidine rings is 1. The molecule has 0 spiro atoms. The number of carbonyl (C=O) groups is 1. The largest absolute Gasteiger partial charge is 0.355 e. The minimum atomic E-state index is -0.289. The molecule has 4 heterocycles. The van der Waals surface area contributed by atoms with Crippen molar-refractivity contribution in [2.75, 3.05) is 28.6 Å². The quantitative estimate of drug-likeness (QED) is 0.454. The van der Waals surface area contributed by atoms with Crippen LogP contribution in [0.3, 0.4) is 0 Å². The Morgan fingerprint density at radius 3 is 2.97 bits per heavy atom. The lowest BCUT2D eigenvalue weighted by molar-refractivity contribution is 0.262. The molecule has 8 nitrogen and oxygen atoms in total. The zero-order chi connectivity index (χ0) is 20.3. The maximum atomic E-state index is 12.2. The molecule has 1 aliphatic rings. The van der Waals surface area contributed by atoms with Gasteiger partial charge in [0.1, 0.15) is 17.8 Å². The van der Waals surface area contributed by atoms with Gasteiger partial charge in [-0.25, -0.2) is 19.7 Å². The molecule has 0 saturated carbocycles. The number of H-pyrrole nitrogens is 1. The van der Waals surface area contributed by atoms with Gasteiger partial charge in [-0.15, -0.1) is 11.3 Å². The Labute approximate surface area is 177 Å². The number of urea groups is 1. The third-order valence-corrected chi connectivity index (χ3v) is 6.02. The lowest BCUT2D eigenvalue weighted by Crippen LogP contribution is -2.35. The first kappa shape index (κ1) is 18.6. The maximum Gasteiger partial charge on any atom is 0.325 e. The van der Waals surface area contributed by atoms with Crippen molar-refractivity contribution >= 4 is 45.0 Å². The average Bonchev–Trinajstić information content (AvgIpc) is 3.44. The Bertz CT molecular complexity index is 1160. The molecule has 1 saturated heterocycles. The molecule has 1 aliphatic heterocycles. The number of thiazole rings is 1. The number of amides is 2. The zero-order valence-electron chi connectivity index (χ0n) is 16.2. The predicted molar refractivity (Wildman–Crippen MR) is 119 cm³/mol. The highest BCUT2D eigenvalue weighted by molar-refractivity contribution is 7.14. The molecule has 1 unspecified atom stereocenters. The maximum absolute atomic E-state index is 12.2. The van der Waals surface area contributed by atoms with Crippen LogP contribution in [-0.4, -0.2) is 39.1 Å². The summed E-state index contributed by atoms with van der Waals surface area (Å²) in [5.74, 6) is 1.26. The van der Waals surface area contributed by atoms with Crippen LogP contribution in [0.1, 0.15) is 24.5 Å². The number of rotatable bonds is 4. The summed E-state index contributed by atoms with van der Waals surface area (Å²) in [5, 5.41) is 9.33. The number of para-hydroxylation sites is 1. The Hall–Kier alpha value is -3.46. The van der Waals surface area contributed by atoms with E-state index in [2.05, 4.69) is 35.5 Å². The van der Waals surface area contributed by atoms with Gasteiger partial charge in [-0.2, -0.15) is 0 Å². The molecule has 9 heteroatoms. The third-order valence-electron chi connectivity index (χ3n) is 5.25. The van der Waals surface area contributed by atoms with Crippen molar-refractivity contribution in [2.24, 2.45) is 0 Å². The van der Waals surface area contributed by atoms with Gasteiger partial charge < -0.3 is 15.2 Å². The smallest absolute Gasteiger partial charge is 0.325 e. The van der Waals surface area contributed by atoms with E-state index >= 15 is 0 Å². The summed E-state index contributed by atoms with van der Waals surface area (Å²) in [7, 11) is 0. The van der Waals surface area contributed by atoms with Crippen molar-refractivity contribution < 1.29 is 4.79 Å². The van der Waals surface area contributed by atoms with Crippen LogP contribution in [0.5, 0.6) is 0 Å². The highest BCUT2D eigenvalue weighted by Gasteiger charge is 2.25. The number of benzene rings is 1. The van der Waals surface area contributed by atoms with Crippen LogP contribution in [0, 0.1) is 0 Å². The van der Waals surface area contributed by atoms with Crippen molar-refractivity contribution in [3.8, 4) is 0 Å². The molecule has 0 radical (unpaired) electrons. The number of carbonyl (C=O) groups excluding carboxylic acids is 1. The van der Waals surface area contributed by atoms with Crippen LogP contribution in [0.2, 0.25) is 0 Å². The van der Waals surface area contributed by atoms with Crippen LogP contribution in [-0.2, 0) is 0 Å². The SMILES string of the molecule is O=C(Nc1ccccc1)Nc1nc(C2CCCN(c3ncnc4[nH]ccc34)C2)cs1. The number of aromatic nitrogens is 4. The van der Waals surface area contributed by atoms with Gasteiger partial charge in [0, 0.05) is 36.3 Å². The van der Waals surface area contributed by atoms with Gasteiger partial charge in [-0.05, 0) is 31.0 Å². The van der Waals surface area contributed by atoms with Crippen LogP contribution >= 0.6 is 11.3 Å². The van der Waals surface area contributed by atoms with E-state index in [9.17, 15) is 4.79 Å². The first-order chi connectivity index (χ1) is 14.8. The van der Waals surface area contributed by atoms with Crippen molar-refractivity contribution in [1.29, 1.82) is 0 Å². The number of hydrogen-bond donors (Lipinski definition) is 3. The minimum absolute atomic E-state index is 0.289. The summed E-state index contributed by atoms with van der Waals surface area (Å²) in [4.78, 5) is 31.2. The van der Waals surface area contributed by atoms with Gasteiger partial charge in [-0.1, -0.05) is 18.2 Å². The molecule has 1 atom stereocenters. The van der Waals surface area contributed by atoms with Gasteiger partial charge in [0.05, 0.1) is 11.1 Å². The van der Waals surface area contributed by atoms with Crippen molar-refractivity contribution in [3.05, 3.63) is 60.0 Å². The molecule has 1 fully saturated rings. The fourth-order valence-corrected chi connectivity index (χ4v) is 4.62. The second kappa shape index (κ2) is 8.11. The van der Waals surface area contributed by atoms with E-state index in [1.165, 1.54) is 11.3 Å². The molecule has 3 aromatic heterocycles. The molecule has 152 valence electrons. The summed E-state index contributed by atoms with van der Waals surface area (Å²) < 4.78 is 0. The number of hydrogen-bond acceptors (Lipinski definition) is 6. The van der Waals surface area contributed by atoms with Crippen LogP contribution in [0.4, 0.5) is 21.4 Å². The minimum Gasteiger partial charge on any atom is -0.355 e. The summed E-state index contributed by atoms with van der Waals surface area (Å²) in [5.41, 5.74) is 2.61. The van der Waals surface area contributed by atoms with E-state index in [1.54, 1.807) is 6.33 Å². The lowest BCUT2D eigenvalue weighted by Gasteiger charge is -2.33. The van der Waals surface area contributed by atoms with E-state index in [-0.39, 0.29) is 6.03 Å². The van der Waals surface area contributed by atoms with E-state index < -0.39 is 0 Å². The highest BCUT2D eigenvalue weighted by Crippen LogP contribution is 2.33. The van der Waals surface area contributed by atoms with Crippen LogP contribution in [0.15, 0.2) is 54.3 Å². The van der Waals surface area contributed by atoms with E-state index in [0.29, 0.717) is 11.0 Å². The van der Waals surface area contributed by atoms with Crippen molar-refractivity contribution in [2.45, 2.75) is 18.8 Å². The summed E-state index contributed by atoms with van der Waals surface area (Å²) >= 11 is 1.45. The zero-order valence-corrected chi connectivity index (χ0v) is 17.0. The first-order valence-corrected chi connectivity index (χ1v) is 10.8. The Balaban J connectivity index is 1.26. The van der Waals surface area contributed by atoms with Crippen LogP contribution in [0.25, 0.3) is 11.0 Å². The van der Waals surface area contributed by atoms with E-state index in [4.69, 9.17) is 0 Å². The second-order valence-corrected chi connectivity index (χ2v) is 8.10. The summed E-state index contributed by atoms with van der Waals surface area (Å²) in [6.45, 7) is 1.80. The second-order valence-electron chi connectivity index (χ2n) is 7.25. The lowest BCUT2D eigenvalue weighted by atomic mass is 9.95. The summed E-state index contributed by atoms with van der Waals surface area (Å²) in [6, 6.07) is 11.1. The third kappa shape index (κ3) is 3.84. The Morgan fingerprint density at radius 2 is 2.07 bits per heavy atom.